The van der Waals surface area contributed by atoms with Gasteiger partial charge in [0.2, 0.25) is 11.4 Å². The number of aromatic nitrogens is 2. The molecule has 0 amide bonds. The van der Waals surface area contributed by atoms with Crippen LogP contribution in [0, 0.1) is 5.92 Å². The van der Waals surface area contributed by atoms with E-state index in [4.69, 9.17) is 0 Å². The molecular formula is C36H29N3+2. The number of nitrogens with zero attached hydrogens (tertiary/aromatic N) is 3. The van der Waals surface area contributed by atoms with Crippen molar-refractivity contribution in [2.24, 2.45) is 13.0 Å². The first-order valence-electron chi connectivity index (χ1n) is 13.7. The Kier molecular flexibility index (Phi) is 4.93. The van der Waals surface area contributed by atoms with Gasteiger partial charge in [-0.15, -0.1) is 0 Å². The van der Waals surface area contributed by atoms with Gasteiger partial charge in [-0.05, 0) is 47.5 Å². The van der Waals surface area contributed by atoms with Crippen LogP contribution in [0.5, 0.6) is 0 Å². The minimum Gasteiger partial charge on any atom is -0.333 e. The molecule has 4 heterocycles. The van der Waals surface area contributed by atoms with Crippen molar-refractivity contribution >= 4 is 16.9 Å². The lowest BCUT2D eigenvalue weighted by molar-refractivity contribution is -0.711. The zero-order chi connectivity index (χ0) is 25.9. The van der Waals surface area contributed by atoms with E-state index in [2.05, 4.69) is 161 Å². The molecule has 8 rings (SSSR count). The van der Waals surface area contributed by atoms with Gasteiger partial charge in [0, 0.05) is 35.5 Å². The quantitative estimate of drug-likeness (QED) is 0.246. The number of anilines is 2. The summed E-state index contributed by atoms with van der Waals surface area (Å²) >= 11 is 0. The Labute approximate surface area is 229 Å². The molecule has 1 aliphatic carbocycles. The highest BCUT2D eigenvalue weighted by Crippen LogP contribution is 2.55. The van der Waals surface area contributed by atoms with Crippen LogP contribution in [0.2, 0.25) is 0 Å². The third-order valence-electron chi connectivity index (χ3n) is 8.66. The van der Waals surface area contributed by atoms with Gasteiger partial charge in [-0.1, -0.05) is 66.8 Å². The number of hydrogen-bond donors (Lipinski definition) is 0. The third kappa shape index (κ3) is 3.29. The van der Waals surface area contributed by atoms with E-state index in [0.29, 0.717) is 5.92 Å². The molecule has 3 nitrogen and oxygen atoms in total. The van der Waals surface area contributed by atoms with Crippen LogP contribution >= 0.6 is 0 Å². The lowest BCUT2D eigenvalue weighted by atomic mass is 9.74. The molecule has 2 aliphatic heterocycles. The maximum Gasteiger partial charge on any atom is 0.212 e. The molecule has 5 aromatic rings. The second kappa shape index (κ2) is 8.64. The summed E-state index contributed by atoms with van der Waals surface area (Å²) in [5, 5.41) is 0. The molecule has 3 unspecified atom stereocenters. The molecule has 3 aromatic carbocycles. The second-order valence-electron chi connectivity index (χ2n) is 10.7. The Bertz CT molecular complexity index is 1780. The predicted molar refractivity (Wildman–Crippen MR) is 156 cm³/mol. The Morgan fingerprint density at radius 2 is 1.41 bits per heavy atom. The minimum absolute atomic E-state index is 0.227. The highest BCUT2D eigenvalue weighted by Gasteiger charge is 2.55. The molecule has 0 saturated heterocycles. The van der Waals surface area contributed by atoms with Gasteiger partial charge in [0.1, 0.15) is 7.05 Å². The Morgan fingerprint density at radius 3 is 2.23 bits per heavy atom. The lowest BCUT2D eigenvalue weighted by Crippen LogP contribution is -2.50. The number of benzene rings is 3. The summed E-state index contributed by atoms with van der Waals surface area (Å²) in [5.74, 6) is 0.328. The van der Waals surface area contributed by atoms with E-state index in [1.54, 1.807) is 0 Å². The fourth-order valence-corrected chi connectivity index (χ4v) is 7.00. The van der Waals surface area contributed by atoms with Gasteiger partial charge in [-0.2, -0.15) is 4.57 Å². The van der Waals surface area contributed by atoms with Crippen LogP contribution < -0.4 is 14.0 Å². The highest BCUT2D eigenvalue weighted by atomic mass is 15.2. The highest BCUT2D eigenvalue weighted by molar-refractivity contribution is 5.84. The average molecular weight is 504 g/mol. The van der Waals surface area contributed by atoms with Crippen LogP contribution in [0.3, 0.4) is 0 Å². The number of rotatable bonds is 3. The second-order valence-corrected chi connectivity index (χ2v) is 10.7. The van der Waals surface area contributed by atoms with Gasteiger partial charge in [0.25, 0.3) is 0 Å². The summed E-state index contributed by atoms with van der Waals surface area (Å²) in [6.45, 7) is 0. The van der Waals surface area contributed by atoms with Crippen molar-refractivity contribution in [1.29, 1.82) is 0 Å². The molecule has 3 heteroatoms. The van der Waals surface area contributed by atoms with Gasteiger partial charge in [0.05, 0.1) is 28.8 Å². The monoisotopic (exact) mass is 503 g/mol. The van der Waals surface area contributed by atoms with E-state index < -0.39 is 0 Å². The van der Waals surface area contributed by atoms with Crippen molar-refractivity contribution in [3.05, 3.63) is 151 Å². The van der Waals surface area contributed by atoms with Crippen LogP contribution in [-0.2, 0) is 7.05 Å². The Morgan fingerprint density at radius 1 is 0.667 bits per heavy atom. The summed E-state index contributed by atoms with van der Waals surface area (Å²) in [4.78, 5) is 2.58. The van der Waals surface area contributed by atoms with Crippen molar-refractivity contribution in [2.75, 3.05) is 4.90 Å². The Balaban J connectivity index is 1.37. The third-order valence-corrected chi connectivity index (χ3v) is 8.66. The van der Waals surface area contributed by atoms with Crippen molar-refractivity contribution < 1.29 is 9.13 Å². The van der Waals surface area contributed by atoms with Crippen molar-refractivity contribution in [1.82, 2.24) is 0 Å². The molecule has 0 bridgehead atoms. The molecule has 0 spiro atoms. The molecule has 0 N–H and O–H groups in total. The fourth-order valence-electron chi connectivity index (χ4n) is 7.00. The maximum absolute atomic E-state index is 2.58. The summed E-state index contributed by atoms with van der Waals surface area (Å²) in [7, 11) is 2.14. The number of aryl methyl sites for hydroxylation is 1. The Hall–Kier alpha value is -4.76. The molecule has 0 saturated carbocycles. The van der Waals surface area contributed by atoms with Crippen molar-refractivity contribution in [3.8, 4) is 22.4 Å². The molecule has 0 radical (unpaired) electrons. The van der Waals surface area contributed by atoms with Gasteiger partial charge in [-0.3, -0.25) is 0 Å². The molecule has 3 aliphatic rings. The van der Waals surface area contributed by atoms with E-state index in [1.165, 1.54) is 50.6 Å². The van der Waals surface area contributed by atoms with E-state index in [0.717, 1.165) is 0 Å². The zero-order valence-electron chi connectivity index (χ0n) is 21.9. The summed E-state index contributed by atoms with van der Waals surface area (Å²) in [6.07, 6.45) is 11.4. The topological polar surface area (TPSA) is 11.0 Å². The molecule has 0 fully saturated rings. The minimum atomic E-state index is 0.227. The zero-order valence-corrected chi connectivity index (χ0v) is 21.9. The molecule has 3 atom stereocenters. The first-order chi connectivity index (χ1) is 19.3. The first-order valence-corrected chi connectivity index (χ1v) is 13.7. The number of pyridine rings is 2. The van der Waals surface area contributed by atoms with E-state index >= 15 is 0 Å². The maximum atomic E-state index is 2.58. The number of hydrogen-bond acceptors (Lipinski definition) is 1. The van der Waals surface area contributed by atoms with Crippen molar-refractivity contribution in [2.45, 2.75) is 12.1 Å². The van der Waals surface area contributed by atoms with Crippen LogP contribution in [0.4, 0.5) is 11.4 Å². The van der Waals surface area contributed by atoms with E-state index in [1.807, 2.05) is 0 Å². The van der Waals surface area contributed by atoms with Crippen LogP contribution in [0.25, 0.3) is 28.0 Å². The van der Waals surface area contributed by atoms with Crippen LogP contribution in [0.1, 0.15) is 17.3 Å². The molecular weight excluding hydrogens is 474 g/mol. The van der Waals surface area contributed by atoms with Gasteiger partial charge < -0.3 is 4.90 Å². The number of allylic oxidation sites excluding steroid dienone is 2. The van der Waals surface area contributed by atoms with Crippen LogP contribution in [-0.4, -0.2) is 6.04 Å². The molecule has 39 heavy (non-hydrogen) atoms. The van der Waals surface area contributed by atoms with Crippen molar-refractivity contribution in [3.63, 3.8) is 0 Å². The molecule has 2 aromatic heterocycles. The normalized spacial score (nSPS) is 20.2. The lowest BCUT2D eigenvalue weighted by Gasteiger charge is -2.43. The van der Waals surface area contributed by atoms with E-state index in [-0.39, 0.29) is 12.1 Å². The SMILES string of the molecule is C[n+]1ccccc1-c1cccc2c1C1C3C(=CC=CC3N2c2ccc(-c3ccccc3)cc2)c2cccc[n+]21. The van der Waals surface area contributed by atoms with Gasteiger partial charge in [-0.25, -0.2) is 4.57 Å². The first kappa shape index (κ1) is 22.2. The predicted octanol–water partition coefficient (Wildman–Crippen LogP) is 6.83. The van der Waals surface area contributed by atoms with Crippen LogP contribution in [0.15, 0.2) is 140 Å². The smallest absolute Gasteiger partial charge is 0.212 e. The van der Waals surface area contributed by atoms with Gasteiger partial charge >= 0.3 is 0 Å². The van der Waals surface area contributed by atoms with Gasteiger partial charge in [0.15, 0.2) is 18.4 Å². The molecule has 186 valence electrons. The number of fused-ring (bicyclic) bond motifs is 5. The standard InChI is InChI=1S/C36H29N3/c1-37-23-7-5-15-30(37)28-13-9-17-32-34(28)36-35-29(31-16-6-8-24-38(31)36)14-10-18-33(35)39(32)27-21-19-26(20-22-27)25-11-3-2-4-12-25/h2-24,33,35-36H,1H3/q+2. The summed E-state index contributed by atoms with van der Waals surface area (Å²) in [6, 6.07) is 40.1. The average Bonchev–Trinajstić information content (AvgIpc) is 3.34. The largest absolute Gasteiger partial charge is 0.333 e. The summed E-state index contributed by atoms with van der Waals surface area (Å²) < 4.78 is 4.75. The fraction of sp³-hybridized carbons (Fsp3) is 0.111. The summed E-state index contributed by atoms with van der Waals surface area (Å²) in [5.41, 5.74) is 11.7. The van der Waals surface area contributed by atoms with E-state index in [9.17, 15) is 0 Å².